The van der Waals surface area contributed by atoms with Gasteiger partial charge in [0.15, 0.2) is 19.7 Å². The van der Waals surface area contributed by atoms with Gasteiger partial charge in [0.25, 0.3) is 0 Å². The van der Waals surface area contributed by atoms with E-state index in [9.17, 15) is 16.8 Å². The number of rotatable bonds is 5. The molecule has 2 rings (SSSR count). The van der Waals surface area contributed by atoms with Gasteiger partial charge in [0, 0.05) is 12.1 Å². The molecule has 3 atom stereocenters. The van der Waals surface area contributed by atoms with Crippen molar-refractivity contribution in [3.63, 3.8) is 0 Å². The van der Waals surface area contributed by atoms with Gasteiger partial charge in [-0.2, -0.15) is 0 Å². The summed E-state index contributed by atoms with van der Waals surface area (Å²) in [5.74, 6) is -0.426. The lowest BCUT2D eigenvalue weighted by molar-refractivity contribution is 0.456. The Morgan fingerprint density at radius 2 is 1.82 bits per heavy atom. The van der Waals surface area contributed by atoms with Crippen LogP contribution in [0.3, 0.4) is 0 Å². The minimum atomic E-state index is -3.67. The molecule has 0 bridgehead atoms. The van der Waals surface area contributed by atoms with Gasteiger partial charge in [0.2, 0.25) is 0 Å². The molecule has 1 aromatic rings. The maximum Gasteiger partial charge on any atom is 0.183 e. The highest BCUT2D eigenvalue weighted by molar-refractivity contribution is 7.96. The molecule has 0 radical (unpaired) electrons. The third kappa shape index (κ3) is 3.70. The number of sulfone groups is 2. The molecule has 124 valence electrons. The predicted molar refractivity (Wildman–Crippen MR) is 87.5 cm³/mol. The van der Waals surface area contributed by atoms with E-state index in [4.69, 9.17) is 0 Å². The second kappa shape index (κ2) is 6.29. The van der Waals surface area contributed by atoms with Crippen LogP contribution in [0.2, 0.25) is 0 Å². The molecule has 0 amide bonds. The third-order valence-corrected chi connectivity index (χ3v) is 8.33. The summed E-state index contributed by atoms with van der Waals surface area (Å²) in [6.45, 7) is 5.79. The maximum absolute atomic E-state index is 12.8. The van der Waals surface area contributed by atoms with E-state index in [2.05, 4.69) is 5.32 Å². The van der Waals surface area contributed by atoms with Crippen LogP contribution in [-0.4, -0.2) is 45.7 Å². The van der Waals surface area contributed by atoms with Crippen molar-refractivity contribution < 1.29 is 16.8 Å². The minimum Gasteiger partial charge on any atom is -0.309 e. The summed E-state index contributed by atoms with van der Waals surface area (Å²) in [5, 5.41) is 2.24. The zero-order chi connectivity index (χ0) is 16.5. The zero-order valence-corrected chi connectivity index (χ0v) is 14.7. The molecule has 3 unspecified atom stereocenters. The fraction of sp³-hybridized carbons (Fsp3) is 0.600. The molecule has 1 N–H and O–H groups in total. The largest absolute Gasteiger partial charge is 0.309 e. The van der Waals surface area contributed by atoms with E-state index < -0.39 is 31.0 Å². The van der Waals surface area contributed by atoms with Gasteiger partial charge in [0.05, 0.1) is 21.7 Å². The van der Waals surface area contributed by atoms with Crippen LogP contribution in [0.5, 0.6) is 0 Å². The van der Waals surface area contributed by atoms with Crippen molar-refractivity contribution in [2.75, 3.05) is 11.5 Å². The van der Waals surface area contributed by atoms with E-state index in [0.29, 0.717) is 0 Å². The average Bonchev–Trinajstić information content (AvgIpc) is 2.74. The Labute approximate surface area is 133 Å². The smallest absolute Gasteiger partial charge is 0.183 e. The molecular weight excluding hydrogens is 322 g/mol. The van der Waals surface area contributed by atoms with E-state index in [1.165, 1.54) is 0 Å². The Kier molecular flexibility index (Phi) is 4.99. The highest BCUT2D eigenvalue weighted by Gasteiger charge is 2.45. The summed E-state index contributed by atoms with van der Waals surface area (Å²) in [6.07, 6.45) is 0.813. The molecule has 1 heterocycles. The second-order valence-electron chi connectivity index (χ2n) is 6.06. The van der Waals surface area contributed by atoms with Gasteiger partial charge >= 0.3 is 0 Å². The molecule has 22 heavy (non-hydrogen) atoms. The van der Waals surface area contributed by atoms with Gasteiger partial charge in [-0.05, 0) is 32.4 Å². The molecule has 5 nitrogen and oxygen atoms in total. The molecular formula is C15H23NO4S2. The van der Waals surface area contributed by atoms with Gasteiger partial charge in [-0.15, -0.1) is 0 Å². The lowest BCUT2D eigenvalue weighted by atomic mass is 10.2. The Bertz CT molecular complexity index is 723. The highest BCUT2D eigenvalue weighted by Crippen LogP contribution is 2.26. The van der Waals surface area contributed by atoms with Crippen LogP contribution in [0, 0.1) is 6.92 Å². The predicted octanol–water partition coefficient (Wildman–Crippen LogP) is 1.32. The first-order valence-corrected chi connectivity index (χ1v) is 10.8. The molecule has 0 aliphatic carbocycles. The van der Waals surface area contributed by atoms with Gasteiger partial charge in [0.1, 0.15) is 0 Å². The van der Waals surface area contributed by atoms with Crippen LogP contribution in [0.1, 0.15) is 25.8 Å². The Balaban J connectivity index is 2.36. The van der Waals surface area contributed by atoms with Crippen molar-refractivity contribution in [2.45, 2.75) is 49.4 Å². The number of hydrogen-bond acceptors (Lipinski definition) is 5. The van der Waals surface area contributed by atoms with Crippen molar-refractivity contribution in [1.29, 1.82) is 0 Å². The van der Waals surface area contributed by atoms with Crippen LogP contribution < -0.4 is 5.32 Å². The fourth-order valence-electron chi connectivity index (χ4n) is 2.66. The van der Waals surface area contributed by atoms with Gasteiger partial charge in [-0.3, -0.25) is 0 Å². The molecule has 1 aliphatic heterocycles. The first kappa shape index (κ1) is 17.4. The Hall–Kier alpha value is -0.920. The molecule has 1 fully saturated rings. The normalized spacial score (nSPS) is 26.0. The fourth-order valence-corrected chi connectivity index (χ4v) is 7.34. The average molecular weight is 345 g/mol. The Morgan fingerprint density at radius 1 is 1.23 bits per heavy atom. The summed E-state index contributed by atoms with van der Waals surface area (Å²) in [7, 11) is -7.01. The van der Waals surface area contributed by atoms with Gasteiger partial charge in [-0.1, -0.05) is 24.6 Å². The number of aryl methyl sites for hydroxylation is 1. The number of nitrogens with one attached hydrogen (secondary N) is 1. The van der Waals surface area contributed by atoms with E-state index >= 15 is 0 Å². The summed E-state index contributed by atoms with van der Waals surface area (Å²) in [6, 6.07) is 6.09. The van der Waals surface area contributed by atoms with Crippen LogP contribution >= 0.6 is 0 Å². The molecule has 1 saturated heterocycles. The molecule has 7 heteroatoms. The highest BCUT2D eigenvalue weighted by atomic mass is 32.2. The topological polar surface area (TPSA) is 80.3 Å². The lowest BCUT2D eigenvalue weighted by Crippen LogP contribution is -2.46. The maximum atomic E-state index is 12.8. The van der Waals surface area contributed by atoms with Crippen LogP contribution in [0.15, 0.2) is 29.2 Å². The lowest BCUT2D eigenvalue weighted by Gasteiger charge is -2.23. The zero-order valence-electron chi connectivity index (χ0n) is 13.1. The monoisotopic (exact) mass is 345 g/mol. The molecule has 1 aliphatic rings. The summed E-state index contributed by atoms with van der Waals surface area (Å²) in [4.78, 5) is 0.191. The van der Waals surface area contributed by atoms with Crippen LogP contribution in [-0.2, 0) is 19.7 Å². The molecule has 0 spiro atoms. The van der Waals surface area contributed by atoms with Crippen molar-refractivity contribution in [1.82, 2.24) is 5.32 Å². The van der Waals surface area contributed by atoms with Crippen LogP contribution in [0.4, 0.5) is 0 Å². The van der Waals surface area contributed by atoms with Crippen molar-refractivity contribution in [3.8, 4) is 0 Å². The summed E-state index contributed by atoms with van der Waals surface area (Å²) in [5.41, 5.74) is 0.965. The third-order valence-electron chi connectivity index (χ3n) is 4.16. The van der Waals surface area contributed by atoms with E-state index in [1.807, 2.05) is 20.8 Å². The van der Waals surface area contributed by atoms with Crippen LogP contribution in [0.25, 0.3) is 0 Å². The number of benzene rings is 1. The van der Waals surface area contributed by atoms with Crippen molar-refractivity contribution >= 4 is 19.7 Å². The first-order chi connectivity index (χ1) is 10.2. The van der Waals surface area contributed by atoms with Crippen molar-refractivity contribution in [3.05, 3.63) is 29.8 Å². The number of hydrogen-bond donors (Lipinski definition) is 1. The Morgan fingerprint density at radius 3 is 2.36 bits per heavy atom. The van der Waals surface area contributed by atoms with E-state index in [-0.39, 0.29) is 22.4 Å². The summed E-state index contributed by atoms with van der Waals surface area (Å²) >= 11 is 0. The second-order valence-corrected chi connectivity index (χ2v) is 10.4. The van der Waals surface area contributed by atoms with Crippen molar-refractivity contribution in [2.24, 2.45) is 0 Å². The quantitative estimate of drug-likeness (QED) is 0.871. The van der Waals surface area contributed by atoms with E-state index in [0.717, 1.165) is 12.0 Å². The van der Waals surface area contributed by atoms with Gasteiger partial charge in [-0.25, -0.2) is 16.8 Å². The van der Waals surface area contributed by atoms with Gasteiger partial charge < -0.3 is 5.32 Å². The molecule has 1 aromatic carbocycles. The van der Waals surface area contributed by atoms with E-state index in [1.54, 1.807) is 24.3 Å². The molecule has 0 saturated carbocycles. The SMILES string of the molecule is CCC(C)NC1CS(=O)(=O)CC1S(=O)(=O)c1ccc(C)cc1. The summed E-state index contributed by atoms with van der Waals surface area (Å²) < 4.78 is 49.5. The molecule has 0 aromatic heterocycles. The first-order valence-electron chi connectivity index (χ1n) is 7.43. The standard InChI is InChI=1S/C15H23NO4S2/c1-4-12(3)16-14-9-21(17,18)10-15(14)22(19,20)13-7-5-11(2)6-8-13/h5-8,12,14-16H,4,9-10H2,1-3H3. The minimum absolute atomic E-state index is 0.0778.